The van der Waals surface area contributed by atoms with E-state index >= 15 is 0 Å². The quantitative estimate of drug-likeness (QED) is 0.858. The number of ether oxygens (including phenoxy) is 1. The third-order valence-corrected chi connectivity index (χ3v) is 4.92. The molecule has 132 valence electrons. The summed E-state index contributed by atoms with van der Waals surface area (Å²) in [6.45, 7) is 14.9. The summed E-state index contributed by atoms with van der Waals surface area (Å²) in [6, 6.07) is 8.23. The van der Waals surface area contributed by atoms with Crippen LogP contribution in [0.5, 0.6) is 0 Å². The van der Waals surface area contributed by atoms with Gasteiger partial charge < -0.3 is 14.7 Å². The van der Waals surface area contributed by atoms with Gasteiger partial charge in [-0.05, 0) is 57.4 Å². The highest BCUT2D eigenvalue weighted by molar-refractivity contribution is 6.68. The van der Waals surface area contributed by atoms with Crippen molar-refractivity contribution in [3.8, 4) is 0 Å². The number of carbonyl (C=O) groups is 1. The van der Waals surface area contributed by atoms with Gasteiger partial charge in [0, 0.05) is 6.54 Å². The first-order chi connectivity index (χ1) is 10.9. The lowest BCUT2D eigenvalue weighted by Gasteiger charge is -2.34. The van der Waals surface area contributed by atoms with Crippen LogP contribution in [-0.4, -0.2) is 24.2 Å². The van der Waals surface area contributed by atoms with E-state index in [-0.39, 0.29) is 17.9 Å². The Morgan fingerprint density at radius 3 is 2.50 bits per heavy atom. The van der Waals surface area contributed by atoms with E-state index in [1.54, 1.807) is 0 Å². The van der Waals surface area contributed by atoms with Gasteiger partial charge in [0.25, 0.3) is 0 Å². The number of hydrogen-bond donors (Lipinski definition) is 1. The molecule has 1 aliphatic rings. The Bertz CT molecular complexity index is 589. The fraction of sp³-hybridized carbons (Fsp3) is 0.632. The van der Waals surface area contributed by atoms with Crippen molar-refractivity contribution in [2.45, 2.75) is 72.5 Å². The first-order valence-corrected chi connectivity index (χ1v) is 8.63. The minimum absolute atomic E-state index is 0.0940. The summed E-state index contributed by atoms with van der Waals surface area (Å²) in [4.78, 5) is 11.8. The third-order valence-electron chi connectivity index (χ3n) is 4.92. The maximum atomic E-state index is 11.8. The number of nitrogens with one attached hydrogen (secondary N) is 1. The number of amides is 1. The molecule has 0 atom stereocenters. The molecule has 1 aromatic rings. The predicted octanol–water partition coefficient (Wildman–Crippen LogP) is 3.74. The topological polar surface area (TPSA) is 47.6 Å². The summed E-state index contributed by atoms with van der Waals surface area (Å²) in [7, 11) is 0. The first-order valence-electron chi connectivity index (χ1n) is 8.63. The van der Waals surface area contributed by atoms with Crippen LogP contribution >= 0.6 is 0 Å². The molecule has 0 spiro atoms. The van der Waals surface area contributed by atoms with Crippen LogP contribution in [-0.2, 0) is 15.9 Å². The molecule has 0 saturated carbocycles. The van der Waals surface area contributed by atoms with Crippen LogP contribution in [0.15, 0.2) is 24.3 Å². The van der Waals surface area contributed by atoms with Gasteiger partial charge in [-0.1, -0.05) is 38.1 Å². The molecular formula is C19H30BNO3. The fourth-order valence-electron chi connectivity index (χ4n) is 2.84. The van der Waals surface area contributed by atoms with Crippen molar-refractivity contribution in [2.24, 2.45) is 5.41 Å². The maximum Gasteiger partial charge on any atom is 0.407 e. The number of rotatable bonds is 3. The van der Waals surface area contributed by atoms with Crippen LogP contribution in [0, 0.1) is 5.41 Å². The van der Waals surface area contributed by atoms with Gasteiger partial charge in [0.2, 0.25) is 0 Å². The molecule has 1 heterocycles. The molecule has 0 radical (unpaired) electrons. The first kappa shape index (κ1) is 18.8. The summed E-state index contributed by atoms with van der Waals surface area (Å²) in [5.74, 6) is 0. The average Bonchev–Trinajstić information content (AvgIpc) is 2.64. The van der Waals surface area contributed by atoms with Gasteiger partial charge in [-0.15, -0.1) is 0 Å². The Morgan fingerprint density at radius 2 is 1.96 bits per heavy atom. The average molecular weight is 331 g/mol. The Morgan fingerprint density at radius 1 is 1.29 bits per heavy atom. The van der Waals surface area contributed by atoms with Crippen LogP contribution in [0.4, 0.5) is 4.79 Å². The molecule has 0 aromatic heterocycles. The molecule has 1 aromatic carbocycles. The second kappa shape index (κ2) is 6.43. The smallest absolute Gasteiger partial charge is 0.407 e. The molecule has 4 nitrogen and oxygen atoms in total. The van der Waals surface area contributed by atoms with Gasteiger partial charge in [-0.2, -0.15) is 0 Å². The molecule has 1 fully saturated rings. The van der Waals surface area contributed by atoms with Crippen molar-refractivity contribution in [3.05, 3.63) is 29.8 Å². The van der Waals surface area contributed by atoms with Crippen molar-refractivity contribution >= 4 is 18.5 Å². The standard InChI is InChI=1S/C19H30BNO3/c1-17(2,3)23-16(22)21-12-14-9-8-10-15(11-14)20-13-18(4,5)19(6,7)24-20/h8-11H,12-13H2,1-7H3,(H,21,22). The van der Waals surface area contributed by atoms with Gasteiger partial charge in [0.15, 0.2) is 0 Å². The summed E-state index contributed by atoms with van der Waals surface area (Å²) in [5, 5.41) is 2.80. The monoisotopic (exact) mass is 331 g/mol. The third kappa shape index (κ3) is 4.53. The van der Waals surface area contributed by atoms with Gasteiger partial charge >= 0.3 is 13.0 Å². The van der Waals surface area contributed by atoms with Crippen LogP contribution in [0.2, 0.25) is 6.32 Å². The van der Waals surface area contributed by atoms with Gasteiger partial charge in [0.1, 0.15) is 5.60 Å². The lowest BCUT2D eigenvalue weighted by Crippen LogP contribution is -2.36. The minimum atomic E-state index is -0.485. The highest BCUT2D eigenvalue weighted by atomic mass is 16.6. The molecule has 1 amide bonds. The SMILES string of the molecule is CC(C)(C)OC(=O)NCc1cccc(B2CC(C)(C)C(C)(C)O2)c1. The van der Waals surface area contributed by atoms with Gasteiger partial charge in [-0.3, -0.25) is 0 Å². The van der Waals surface area contributed by atoms with E-state index < -0.39 is 11.7 Å². The Kier molecular flexibility index (Phi) is 5.05. The van der Waals surface area contributed by atoms with Crippen LogP contribution in [0.25, 0.3) is 0 Å². The second-order valence-electron chi connectivity index (χ2n) is 8.81. The Labute approximate surface area is 146 Å². The lowest BCUT2D eigenvalue weighted by atomic mass is 9.54. The maximum absolute atomic E-state index is 11.8. The van der Waals surface area contributed by atoms with Crippen LogP contribution in [0.3, 0.4) is 0 Å². The van der Waals surface area contributed by atoms with Crippen molar-refractivity contribution in [1.29, 1.82) is 0 Å². The van der Waals surface area contributed by atoms with Crippen LogP contribution < -0.4 is 10.8 Å². The van der Waals surface area contributed by atoms with Crippen molar-refractivity contribution in [1.82, 2.24) is 5.32 Å². The molecule has 2 rings (SSSR count). The molecule has 1 aliphatic heterocycles. The minimum Gasteiger partial charge on any atom is -0.444 e. The highest BCUT2D eigenvalue weighted by Crippen LogP contribution is 2.45. The normalized spacial score (nSPS) is 19.2. The van der Waals surface area contributed by atoms with E-state index in [0.29, 0.717) is 6.54 Å². The molecule has 1 N–H and O–H groups in total. The van der Waals surface area contributed by atoms with Gasteiger partial charge in [-0.25, -0.2) is 4.79 Å². The van der Waals surface area contributed by atoms with Crippen molar-refractivity contribution in [3.63, 3.8) is 0 Å². The zero-order valence-electron chi connectivity index (χ0n) is 16.0. The summed E-state index contributed by atoms with van der Waals surface area (Å²) >= 11 is 0. The predicted molar refractivity (Wildman–Crippen MR) is 98.7 cm³/mol. The van der Waals surface area contributed by atoms with E-state index in [0.717, 1.165) is 17.3 Å². The Balaban J connectivity index is 2.01. The zero-order chi connectivity index (χ0) is 18.2. The van der Waals surface area contributed by atoms with Gasteiger partial charge in [0.05, 0.1) is 5.60 Å². The van der Waals surface area contributed by atoms with E-state index in [2.05, 4.69) is 45.1 Å². The zero-order valence-corrected chi connectivity index (χ0v) is 16.0. The number of hydrogen-bond acceptors (Lipinski definition) is 3. The molecule has 24 heavy (non-hydrogen) atoms. The second-order valence-corrected chi connectivity index (χ2v) is 8.81. The lowest BCUT2D eigenvalue weighted by molar-refractivity contribution is 0.0375. The Hall–Kier alpha value is -1.49. The van der Waals surface area contributed by atoms with Crippen molar-refractivity contribution < 1.29 is 14.2 Å². The molecular weight excluding hydrogens is 301 g/mol. The fourth-order valence-corrected chi connectivity index (χ4v) is 2.84. The van der Waals surface area contributed by atoms with Crippen LogP contribution in [0.1, 0.15) is 54.0 Å². The van der Waals surface area contributed by atoms with E-state index in [1.165, 1.54) is 0 Å². The molecule has 0 bridgehead atoms. The number of alkyl carbamates (subject to hydrolysis) is 1. The van der Waals surface area contributed by atoms with E-state index in [9.17, 15) is 4.79 Å². The summed E-state index contributed by atoms with van der Waals surface area (Å²) < 4.78 is 11.6. The summed E-state index contributed by atoms with van der Waals surface area (Å²) in [5.41, 5.74) is 1.70. The molecule has 1 saturated heterocycles. The van der Waals surface area contributed by atoms with E-state index in [4.69, 9.17) is 9.39 Å². The van der Waals surface area contributed by atoms with E-state index in [1.807, 2.05) is 32.9 Å². The molecule has 5 heteroatoms. The highest BCUT2D eigenvalue weighted by Gasteiger charge is 2.49. The molecule has 0 aliphatic carbocycles. The van der Waals surface area contributed by atoms with Crippen molar-refractivity contribution in [2.75, 3.05) is 0 Å². The largest absolute Gasteiger partial charge is 0.444 e. The molecule has 0 unspecified atom stereocenters. The summed E-state index contributed by atoms with van der Waals surface area (Å²) in [6.07, 6.45) is 0.593. The number of benzene rings is 1. The number of carbonyl (C=O) groups excluding carboxylic acids is 1.